The predicted molar refractivity (Wildman–Crippen MR) is 135 cm³/mol. The molecule has 0 aliphatic heterocycles. The van der Waals surface area contributed by atoms with Crippen LogP contribution in [-0.2, 0) is 13.1 Å². The molecule has 33 heavy (non-hydrogen) atoms. The van der Waals surface area contributed by atoms with Crippen LogP contribution in [0.15, 0.2) is 55.0 Å². The molecule has 0 aliphatic carbocycles. The molecule has 5 aromatic rings. The zero-order valence-electron chi connectivity index (χ0n) is 18.2. The van der Waals surface area contributed by atoms with E-state index in [9.17, 15) is 4.79 Å². The van der Waals surface area contributed by atoms with Crippen LogP contribution in [0.25, 0.3) is 20.9 Å². The number of nitrogens with zero attached hydrogens (tertiary/aromatic N) is 3. The molecule has 0 aliphatic rings. The van der Waals surface area contributed by atoms with Gasteiger partial charge in [0, 0.05) is 39.3 Å². The molecule has 0 atom stereocenters. The molecule has 0 fully saturated rings. The third-order valence-electron chi connectivity index (χ3n) is 5.94. The number of aromatic nitrogens is 3. The van der Waals surface area contributed by atoms with Gasteiger partial charge in [-0.05, 0) is 54.1 Å². The van der Waals surface area contributed by atoms with Crippen LogP contribution in [0, 0.1) is 13.8 Å². The lowest BCUT2D eigenvalue weighted by Crippen LogP contribution is -2.23. The Hall–Kier alpha value is -3.42. The normalized spacial score (nSPS) is 11.4. The fourth-order valence-electron chi connectivity index (χ4n) is 4.15. The Balaban J connectivity index is 1.32. The number of rotatable bonds is 5. The summed E-state index contributed by atoms with van der Waals surface area (Å²) in [5.74, 6) is 0.345. The van der Waals surface area contributed by atoms with Gasteiger partial charge in [-0.2, -0.15) is 5.10 Å². The average molecular weight is 476 g/mol. The van der Waals surface area contributed by atoms with E-state index in [1.165, 1.54) is 0 Å². The molecule has 5 rings (SSSR count). The van der Waals surface area contributed by atoms with Gasteiger partial charge < -0.3 is 11.1 Å². The van der Waals surface area contributed by atoms with Crippen LogP contribution >= 0.6 is 22.9 Å². The molecule has 8 heteroatoms. The summed E-state index contributed by atoms with van der Waals surface area (Å²) in [4.78, 5) is 18.0. The van der Waals surface area contributed by atoms with Crippen LogP contribution < -0.4 is 11.1 Å². The van der Waals surface area contributed by atoms with Gasteiger partial charge in [-0.15, -0.1) is 11.3 Å². The maximum atomic E-state index is 12.8. The van der Waals surface area contributed by atoms with Crippen molar-refractivity contribution in [1.82, 2.24) is 20.1 Å². The molecule has 3 N–H and O–H groups in total. The standard InChI is InChI=1S/C25H22ClN5OS/c1-14-9-19-17(7-8-28-24(19)27)15(2)20(14)11-29-25(32)16-10-30-31(12-16)13-22-23(26)18-5-3-4-6-21(18)33-22/h3-10,12H,11,13H2,1-2H3,(H2,27,28)(H,29,32). The molecule has 166 valence electrons. The van der Waals surface area contributed by atoms with Crippen LogP contribution in [-0.4, -0.2) is 20.7 Å². The van der Waals surface area contributed by atoms with E-state index in [2.05, 4.69) is 21.5 Å². The van der Waals surface area contributed by atoms with Gasteiger partial charge >= 0.3 is 0 Å². The zero-order valence-corrected chi connectivity index (χ0v) is 19.8. The largest absolute Gasteiger partial charge is 0.383 e. The van der Waals surface area contributed by atoms with Crippen LogP contribution in [0.5, 0.6) is 0 Å². The van der Waals surface area contributed by atoms with Gasteiger partial charge in [0.1, 0.15) is 5.82 Å². The summed E-state index contributed by atoms with van der Waals surface area (Å²) >= 11 is 8.20. The van der Waals surface area contributed by atoms with Gasteiger partial charge in [-0.25, -0.2) is 4.98 Å². The van der Waals surface area contributed by atoms with Crippen molar-refractivity contribution < 1.29 is 4.79 Å². The van der Waals surface area contributed by atoms with E-state index in [1.807, 2.05) is 44.2 Å². The van der Waals surface area contributed by atoms with Gasteiger partial charge in [-0.3, -0.25) is 9.48 Å². The van der Waals surface area contributed by atoms with Gasteiger partial charge in [0.2, 0.25) is 0 Å². The van der Waals surface area contributed by atoms with Crippen molar-refractivity contribution in [3.63, 3.8) is 0 Å². The van der Waals surface area contributed by atoms with Crippen molar-refractivity contribution in [2.45, 2.75) is 26.9 Å². The van der Waals surface area contributed by atoms with E-state index in [1.54, 1.807) is 34.6 Å². The second-order valence-corrected chi connectivity index (χ2v) is 9.55. The number of hydrogen-bond donors (Lipinski definition) is 2. The highest BCUT2D eigenvalue weighted by Gasteiger charge is 2.15. The third kappa shape index (κ3) is 3.94. The topological polar surface area (TPSA) is 85.8 Å². The smallest absolute Gasteiger partial charge is 0.254 e. The highest BCUT2D eigenvalue weighted by atomic mass is 35.5. The SMILES string of the molecule is Cc1cc2c(N)nccc2c(C)c1CNC(=O)c1cnn(Cc2sc3ccccc3c2Cl)c1. The Morgan fingerprint density at radius 2 is 2.00 bits per heavy atom. The molecule has 3 aromatic heterocycles. The highest BCUT2D eigenvalue weighted by Crippen LogP contribution is 2.35. The Kier molecular flexibility index (Phi) is 5.52. The van der Waals surface area contributed by atoms with Gasteiger partial charge in [0.05, 0.1) is 23.3 Å². The third-order valence-corrected chi connectivity index (χ3v) is 7.64. The molecule has 0 bridgehead atoms. The maximum absolute atomic E-state index is 12.8. The number of nitrogen functional groups attached to an aromatic ring is 1. The molecule has 0 saturated carbocycles. The molecule has 0 unspecified atom stereocenters. The lowest BCUT2D eigenvalue weighted by molar-refractivity contribution is 0.0950. The average Bonchev–Trinajstić information content (AvgIpc) is 3.39. The molecule has 3 heterocycles. The van der Waals surface area contributed by atoms with E-state index in [4.69, 9.17) is 17.3 Å². The number of anilines is 1. The van der Waals surface area contributed by atoms with Gasteiger partial charge in [0.15, 0.2) is 0 Å². The van der Waals surface area contributed by atoms with Gasteiger partial charge in [0.25, 0.3) is 5.91 Å². The van der Waals surface area contributed by atoms with E-state index in [0.717, 1.165) is 47.4 Å². The lowest BCUT2D eigenvalue weighted by atomic mass is 9.96. The van der Waals surface area contributed by atoms with E-state index >= 15 is 0 Å². The van der Waals surface area contributed by atoms with Crippen molar-refractivity contribution in [3.8, 4) is 0 Å². The van der Waals surface area contributed by atoms with E-state index < -0.39 is 0 Å². The number of benzene rings is 2. The highest BCUT2D eigenvalue weighted by molar-refractivity contribution is 7.19. The van der Waals surface area contributed by atoms with Crippen LogP contribution in [0.3, 0.4) is 0 Å². The first-order chi connectivity index (χ1) is 15.9. The van der Waals surface area contributed by atoms with Gasteiger partial charge in [-0.1, -0.05) is 29.8 Å². The second kappa shape index (κ2) is 8.50. The summed E-state index contributed by atoms with van der Waals surface area (Å²) in [6.07, 6.45) is 5.05. The Labute approximate surface area is 200 Å². The van der Waals surface area contributed by atoms with E-state index in [0.29, 0.717) is 24.5 Å². The fraction of sp³-hybridized carbons (Fsp3) is 0.160. The van der Waals surface area contributed by atoms with Crippen LogP contribution in [0.4, 0.5) is 5.82 Å². The molecule has 2 aromatic carbocycles. The molecule has 0 radical (unpaired) electrons. The minimum Gasteiger partial charge on any atom is -0.383 e. The molecule has 0 spiro atoms. The number of thiophene rings is 1. The summed E-state index contributed by atoms with van der Waals surface area (Å²) < 4.78 is 2.88. The van der Waals surface area contributed by atoms with Crippen molar-refractivity contribution >= 4 is 55.5 Å². The number of nitrogens with one attached hydrogen (secondary N) is 1. The number of halogens is 1. The number of pyridine rings is 1. The first-order valence-corrected chi connectivity index (χ1v) is 11.7. The number of hydrogen-bond acceptors (Lipinski definition) is 5. The van der Waals surface area contributed by atoms with Crippen LogP contribution in [0.2, 0.25) is 5.02 Å². The number of amides is 1. The zero-order chi connectivity index (χ0) is 23.1. The predicted octanol–water partition coefficient (Wildman–Crippen LogP) is 5.48. The summed E-state index contributed by atoms with van der Waals surface area (Å²) in [6.45, 7) is 5.00. The molecule has 0 saturated heterocycles. The molecular weight excluding hydrogens is 454 g/mol. The molecule has 1 amide bonds. The fourth-order valence-corrected chi connectivity index (χ4v) is 5.64. The van der Waals surface area contributed by atoms with E-state index in [-0.39, 0.29) is 5.91 Å². The second-order valence-electron chi connectivity index (χ2n) is 8.03. The number of nitrogens with two attached hydrogens (primary N) is 1. The summed E-state index contributed by atoms with van der Waals surface area (Å²) in [5.41, 5.74) is 9.78. The number of carbonyl (C=O) groups is 1. The number of carbonyl (C=O) groups excluding carboxylic acids is 1. The summed E-state index contributed by atoms with van der Waals surface area (Å²) in [5, 5.41) is 11.2. The first-order valence-electron chi connectivity index (χ1n) is 10.5. The Morgan fingerprint density at radius 1 is 1.18 bits per heavy atom. The van der Waals surface area contributed by atoms with Crippen molar-refractivity contribution in [2.75, 3.05) is 5.73 Å². The van der Waals surface area contributed by atoms with Crippen molar-refractivity contribution in [2.24, 2.45) is 0 Å². The molecular formula is C25H22ClN5OS. The summed E-state index contributed by atoms with van der Waals surface area (Å²) in [7, 11) is 0. The minimum absolute atomic E-state index is 0.170. The monoisotopic (exact) mass is 475 g/mol. The quantitative estimate of drug-likeness (QED) is 0.352. The number of aryl methyl sites for hydroxylation is 2. The maximum Gasteiger partial charge on any atom is 0.254 e. The molecule has 6 nitrogen and oxygen atoms in total. The number of fused-ring (bicyclic) bond motifs is 2. The lowest BCUT2D eigenvalue weighted by Gasteiger charge is -2.14. The Morgan fingerprint density at radius 3 is 2.82 bits per heavy atom. The van der Waals surface area contributed by atoms with Crippen molar-refractivity contribution in [1.29, 1.82) is 0 Å². The minimum atomic E-state index is -0.170. The van der Waals surface area contributed by atoms with Crippen LogP contribution in [0.1, 0.15) is 31.9 Å². The Bertz CT molecular complexity index is 1520. The summed E-state index contributed by atoms with van der Waals surface area (Å²) in [6, 6.07) is 12.0. The first kappa shape index (κ1) is 21.4. The van der Waals surface area contributed by atoms with Crippen molar-refractivity contribution in [3.05, 3.63) is 87.1 Å².